The molecule has 2 aromatic rings. The molecule has 0 aliphatic rings. The molecule has 1 N–H and O–H groups in total. The van der Waals surface area contributed by atoms with Gasteiger partial charge in [-0.15, -0.1) is 0 Å². The SMILES string of the molecule is COC(=O)COc1cc(Br)c(/C=C(\C#N)C(=O)Nc2cccc([N+](=O)[O-])c2)cc1OC. The predicted octanol–water partition coefficient (Wildman–Crippen LogP) is 3.46. The van der Waals surface area contributed by atoms with Crippen molar-refractivity contribution in [2.75, 3.05) is 26.1 Å². The topological polar surface area (TPSA) is 141 Å². The number of non-ortho nitro benzene ring substituents is 1. The highest BCUT2D eigenvalue weighted by molar-refractivity contribution is 9.10. The van der Waals surface area contributed by atoms with Gasteiger partial charge in [0.15, 0.2) is 18.1 Å². The van der Waals surface area contributed by atoms with Crippen LogP contribution in [0, 0.1) is 21.4 Å². The highest BCUT2D eigenvalue weighted by atomic mass is 79.9. The Bertz CT molecular complexity index is 1090. The van der Waals surface area contributed by atoms with E-state index in [1.54, 1.807) is 6.07 Å². The van der Waals surface area contributed by atoms with E-state index in [2.05, 4.69) is 26.0 Å². The second-order valence-electron chi connectivity index (χ2n) is 5.82. The number of nitro benzene ring substituents is 1. The maximum Gasteiger partial charge on any atom is 0.343 e. The van der Waals surface area contributed by atoms with E-state index in [0.29, 0.717) is 10.0 Å². The summed E-state index contributed by atoms with van der Waals surface area (Å²) in [6.07, 6.45) is 1.31. The summed E-state index contributed by atoms with van der Waals surface area (Å²) in [7, 11) is 2.62. The second-order valence-corrected chi connectivity index (χ2v) is 6.68. The largest absolute Gasteiger partial charge is 0.493 e. The summed E-state index contributed by atoms with van der Waals surface area (Å²) < 4.78 is 15.6. The zero-order valence-electron chi connectivity index (χ0n) is 16.4. The van der Waals surface area contributed by atoms with E-state index in [0.717, 1.165) is 0 Å². The normalized spacial score (nSPS) is 10.6. The summed E-state index contributed by atoms with van der Waals surface area (Å²) in [5.41, 5.74) is 0.143. The van der Waals surface area contributed by atoms with E-state index in [1.165, 1.54) is 56.7 Å². The molecule has 31 heavy (non-hydrogen) atoms. The van der Waals surface area contributed by atoms with Crippen LogP contribution in [0.2, 0.25) is 0 Å². The van der Waals surface area contributed by atoms with E-state index in [4.69, 9.17) is 9.47 Å². The number of hydrogen-bond donors (Lipinski definition) is 1. The number of nitro groups is 1. The molecule has 0 saturated carbocycles. The van der Waals surface area contributed by atoms with Gasteiger partial charge in [-0.3, -0.25) is 14.9 Å². The molecule has 0 fully saturated rings. The van der Waals surface area contributed by atoms with Gasteiger partial charge in [-0.25, -0.2) is 4.79 Å². The number of esters is 1. The molecule has 2 aromatic carbocycles. The number of halogens is 1. The minimum atomic E-state index is -0.750. The third-order valence-electron chi connectivity index (χ3n) is 3.84. The average Bonchev–Trinajstić information content (AvgIpc) is 2.76. The second kappa shape index (κ2) is 10.7. The molecule has 0 radical (unpaired) electrons. The smallest absolute Gasteiger partial charge is 0.343 e. The number of nitrogens with zero attached hydrogens (tertiary/aromatic N) is 2. The number of hydrogen-bond acceptors (Lipinski definition) is 8. The minimum absolute atomic E-state index is 0.170. The molecule has 0 aliphatic heterocycles. The zero-order valence-corrected chi connectivity index (χ0v) is 18.0. The van der Waals surface area contributed by atoms with Crippen molar-refractivity contribution in [1.82, 2.24) is 0 Å². The van der Waals surface area contributed by atoms with Gasteiger partial charge in [-0.2, -0.15) is 5.26 Å². The van der Waals surface area contributed by atoms with Crippen molar-refractivity contribution in [3.8, 4) is 17.6 Å². The summed E-state index contributed by atoms with van der Waals surface area (Å²) >= 11 is 3.32. The number of anilines is 1. The Morgan fingerprint density at radius 3 is 2.61 bits per heavy atom. The predicted molar refractivity (Wildman–Crippen MR) is 114 cm³/mol. The van der Waals surface area contributed by atoms with Crippen LogP contribution in [0.4, 0.5) is 11.4 Å². The molecule has 0 aliphatic carbocycles. The number of carbonyl (C=O) groups excluding carboxylic acids is 2. The number of carbonyl (C=O) groups is 2. The lowest BCUT2D eigenvalue weighted by Gasteiger charge is -2.12. The first-order valence-corrected chi connectivity index (χ1v) is 9.33. The molecule has 0 saturated heterocycles. The number of nitrogens with one attached hydrogen (secondary N) is 1. The zero-order chi connectivity index (χ0) is 23.0. The van der Waals surface area contributed by atoms with Crippen LogP contribution in [0.5, 0.6) is 11.5 Å². The van der Waals surface area contributed by atoms with Gasteiger partial charge in [0.2, 0.25) is 0 Å². The Kier molecular flexibility index (Phi) is 8.10. The van der Waals surface area contributed by atoms with Gasteiger partial charge in [0, 0.05) is 22.3 Å². The minimum Gasteiger partial charge on any atom is -0.493 e. The van der Waals surface area contributed by atoms with Gasteiger partial charge in [0.05, 0.1) is 19.1 Å². The lowest BCUT2D eigenvalue weighted by molar-refractivity contribution is -0.384. The maximum absolute atomic E-state index is 12.5. The fourth-order valence-corrected chi connectivity index (χ4v) is 2.77. The van der Waals surface area contributed by atoms with Crippen molar-refractivity contribution < 1.29 is 28.7 Å². The number of ether oxygens (including phenoxy) is 3. The summed E-state index contributed by atoms with van der Waals surface area (Å²) in [6.45, 7) is -0.330. The summed E-state index contributed by atoms with van der Waals surface area (Å²) in [5, 5.41) is 22.7. The van der Waals surface area contributed by atoms with Gasteiger partial charge < -0.3 is 19.5 Å². The van der Waals surface area contributed by atoms with Gasteiger partial charge in [0.1, 0.15) is 11.6 Å². The highest BCUT2D eigenvalue weighted by Crippen LogP contribution is 2.34. The third kappa shape index (κ3) is 6.28. The standard InChI is InChI=1S/C20H16BrN3O7/c1-29-17-7-12(16(21)9-18(17)31-11-19(25)30-2)6-13(10-22)20(26)23-14-4-3-5-15(8-14)24(27)28/h3-9H,11H2,1-2H3,(H,23,26)/b13-6+. The van der Waals surface area contributed by atoms with Crippen LogP contribution in [-0.2, 0) is 14.3 Å². The molecule has 0 unspecified atom stereocenters. The molecule has 160 valence electrons. The molecule has 10 nitrogen and oxygen atoms in total. The highest BCUT2D eigenvalue weighted by Gasteiger charge is 2.15. The Labute approximate surface area is 185 Å². The lowest BCUT2D eigenvalue weighted by Crippen LogP contribution is -2.14. The van der Waals surface area contributed by atoms with Crippen molar-refractivity contribution in [3.63, 3.8) is 0 Å². The first-order chi connectivity index (χ1) is 14.8. The van der Waals surface area contributed by atoms with Crippen molar-refractivity contribution in [2.24, 2.45) is 0 Å². The molecule has 1 amide bonds. The van der Waals surface area contributed by atoms with E-state index < -0.39 is 16.8 Å². The molecule has 0 aromatic heterocycles. The summed E-state index contributed by atoms with van der Waals surface area (Å²) in [4.78, 5) is 34.0. The monoisotopic (exact) mass is 489 g/mol. The Morgan fingerprint density at radius 1 is 1.26 bits per heavy atom. The number of amides is 1. The van der Waals surface area contributed by atoms with Crippen molar-refractivity contribution in [3.05, 3.63) is 62.1 Å². The lowest BCUT2D eigenvalue weighted by atomic mass is 10.1. The van der Waals surface area contributed by atoms with Crippen LogP contribution in [0.1, 0.15) is 5.56 Å². The molecule has 0 spiro atoms. The van der Waals surface area contributed by atoms with Crippen LogP contribution in [0.25, 0.3) is 6.08 Å². The van der Waals surface area contributed by atoms with Crippen LogP contribution in [0.15, 0.2) is 46.4 Å². The Hall–Kier alpha value is -3.91. The van der Waals surface area contributed by atoms with Crippen molar-refractivity contribution in [1.29, 1.82) is 5.26 Å². The van der Waals surface area contributed by atoms with Gasteiger partial charge >= 0.3 is 5.97 Å². The fraction of sp³-hybridized carbons (Fsp3) is 0.150. The van der Waals surface area contributed by atoms with Gasteiger partial charge in [-0.05, 0) is 29.8 Å². The Morgan fingerprint density at radius 2 is 2.00 bits per heavy atom. The molecule has 0 heterocycles. The van der Waals surface area contributed by atoms with Crippen LogP contribution < -0.4 is 14.8 Å². The molecule has 2 rings (SSSR count). The van der Waals surface area contributed by atoms with Crippen molar-refractivity contribution >= 4 is 45.3 Å². The first kappa shape index (κ1) is 23.4. The maximum atomic E-state index is 12.5. The summed E-state index contributed by atoms with van der Waals surface area (Å²) in [5.74, 6) is -0.821. The molecular formula is C20H16BrN3O7. The van der Waals surface area contributed by atoms with E-state index in [-0.39, 0.29) is 35.1 Å². The van der Waals surface area contributed by atoms with Crippen LogP contribution in [0.3, 0.4) is 0 Å². The van der Waals surface area contributed by atoms with Crippen LogP contribution >= 0.6 is 15.9 Å². The molecular weight excluding hydrogens is 474 g/mol. The third-order valence-corrected chi connectivity index (χ3v) is 4.52. The van der Waals surface area contributed by atoms with Gasteiger partial charge in [0.25, 0.3) is 11.6 Å². The van der Waals surface area contributed by atoms with Crippen LogP contribution in [-0.4, -0.2) is 37.6 Å². The van der Waals surface area contributed by atoms with E-state index >= 15 is 0 Å². The number of methoxy groups -OCH3 is 2. The first-order valence-electron chi connectivity index (χ1n) is 8.53. The summed E-state index contributed by atoms with van der Waals surface area (Å²) in [6, 6.07) is 10.2. The Balaban J connectivity index is 2.29. The van der Waals surface area contributed by atoms with Crippen molar-refractivity contribution in [2.45, 2.75) is 0 Å². The molecule has 11 heteroatoms. The van der Waals surface area contributed by atoms with E-state index in [9.17, 15) is 25.0 Å². The average molecular weight is 490 g/mol. The number of benzene rings is 2. The molecule has 0 atom stereocenters. The quantitative estimate of drug-likeness (QED) is 0.195. The fourth-order valence-electron chi connectivity index (χ4n) is 2.33. The van der Waals surface area contributed by atoms with E-state index in [1.807, 2.05) is 0 Å². The van der Waals surface area contributed by atoms with Gasteiger partial charge in [-0.1, -0.05) is 22.0 Å². The number of nitriles is 1. The number of rotatable bonds is 8. The molecule has 0 bridgehead atoms.